The van der Waals surface area contributed by atoms with Crippen molar-refractivity contribution in [2.75, 3.05) is 25.1 Å². The lowest BCUT2D eigenvalue weighted by atomic mass is 10.0. The number of nitrogens with two attached hydrogens (primary N) is 1. The fourth-order valence-electron chi connectivity index (χ4n) is 3.77. The zero-order valence-electron chi connectivity index (χ0n) is 18.2. The van der Waals surface area contributed by atoms with Crippen LogP contribution < -0.4 is 16.0 Å². The highest BCUT2D eigenvalue weighted by Crippen LogP contribution is 2.34. The molecule has 2 aromatic carbocycles. The Morgan fingerprint density at radius 1 is 1.18 bits per heavy atom. The van der Waals surface area contributed by atoms with Crippen LogP contribution in [-0.4, -0.2) is 45.8 Å². The first-order valence-electron chi connectivity index (χ1n) is 10.6. The van der Waals surface area contributed by atoms with Crippen molar-refractivity contribution in [1.29, 1.82) is 5.26 Å². The zero-order valence-corrected chi connectivity index (χ0v) is 18.2. The number of nitriles is 1. The van der Waals surface area contributed by atoms with Gasteiger partial charge in [-0.25, -0.2) is 20.6 Å². The number of aryl methyl sites for hydroxylation is 1. The number of nitrogens with zero attached hydrogens (tertiary/aromatic N) is 4. The number of anilines is 1. The largest absolute Gasteiger partial charge is 0.475 e. The van der Waals surface area contributed by atoms with Gasteiger partial charge in [-0.15, -0.1) is 0 Å². The van der Waals surface area contributed by atoms with Crippen LogP contribution in [0.25, 0.3) is 22.5 Å². The number of nitrogen functional groups attached to an aromatic ring is 1. The van der Waals surface area contributed by atoms with Gasteiger partial charge in [-0.05, 0) is 25.5 Å². The van der Waals surface area contributed by atoms with Crippen LogP contribution in [0.3, 0.4) is 0 Å². The number of carbonyl (C=O) groups is 1. The number of hydrazine groups is 1. The van der Waals surface area contributed by atoms with Crippen molar-refractivity contribution in [2.45, 2.75) is 13.3 Å². The summed E-state index contributed by atoms with van der Waals surface area (Å²) < 4.78 is 5.97. The van der Waals surface area contributed by atoms with Gasteiger partial charge >= 0.3 is 6.09 Å². The molecule has 1 aliphatic heterocycles. The lowest BCUT2D eigenvalue weighted by Gasteiger charge is -2.17. The topological polar surface area (TPSA) is 137 Å². The standard InChI is InChI=1S/C24H24N6O3/c1-15-2-6-18(7-3-15)20-21(19-8-4-16(12-25)5-9-19)28-23(22(27-20)29-26)33-14-17-10-11-30(13-17)24(31)32/h2-9,17H,10-11,13-14,26H2,1H3,(H,27,29)(H,31,32)/t17-/m1/s1. The van der Waals surface area contributed by atoms with Gasteiger partial charge in [0.1, 0.15) is 5.69 Å². The number of aromatic nitrogens is 2. The number of nitrogens with one attached hydrogen (secondary N) is 1. The molecular formula is C24H24N6O3. The predicted molar refractivity (Wildman–Crippen MR) is 123 cm³/mol. The average Bonchev–Trinajstić information content (AvgIpc) is 3.32. The molecule has 0 unspecified atom stereocenters. The summed E-state index contributed by atoms with van der Waals surface area (Å²) in [4.78, 5) is 22.0. The second-order valence-corrected chi connectivity index (χ2v) is 7.97. The van der Waals surface area contributed by atoms with E-state index in [1.165, 1.54) is 4.90 Å². The molecule has 0 radical (unpaired) electrons. The molecule has 1 aliphatic rings. The number of hydrogen-bond acceptors (Lipinski definition) is 7. The van der Waals surface area contributed by atoms with Crippen molar-refractivity contribution in [1.82, 2.24) is 14.9 Å². The SMILES string of the molecule is Cc1ccc(-c2nc(NN)c(OC[C@@H]3CCN(C(=O)O)C3)nc2-c2ccc(C#N)cc2)cc1. The molecule has 3 aromatic rings. The van der Waals surface area contributed by atoms with Crippen molar-refractivity contribution in [3.63, 3.8) is 0 Å². The Labute approximate surface area is 191 Å². The van der Waals surface area contributed by atoms with E-state index in [0.717, 1.165) is 23.1 Å². The summed E-state index contributed by atoms with van der Waals surface area (Å²) >= 11 is 0. The van der Waals surface area contributed by atoms with E-state index < -0.39 is 6.09 Å². The summed E-state index contributed by atoms with van der Waals surface area (Å²) in [7, 11) is 0. The minimum absolute atomic E-state index is 0.0589. The molecule has 168 valence electrons. The van der Waals surface area contributed by atoms with Crippen LogP contribution in [0.15, 0.2) is 48.5 Å². The van der Waals surface area contributed by atoms with E-state index in [9.17, 15) is 9.90 Å². The molecule has 0 spiro atoms. The van der Waals surface area contributed by atoms with Crippen molar-refractivity contribution >= 4 is 11.9 Å². The maximum atomic E-state index is 11.2. The molecular weight excluding hydrogens is 420 g/mol. The molecule has 0 saturated carbocycles. The summed E-state index contributed by atoms with van der Waals surface area (Å²) in [5, 5.41) is 18.3. The molecule has 1 atom stereocenters. The van der Waals surface area contributed by atoms with Gasteiger partial charge in [-0.2, -0.15) is 5.26 Å². The molecule has 1 fully saturated rings. The number of benzene rings is 2. The smallest absolute Gasteiger partial charge is 0.407 e. The summed E-state index contributed by atoms with van der Waals surface area (Å²) in [5.41, 5.74) is 7.10. The van der Waals surface area contributed by atoms with E-state index >= 15 is 0 Å². The second kappa shape index (κ2) is 9.54. The number of rotatable bonds is 6. The zero-order chi connectivity index (χ0) is 23.4. The van der Waals surface area contributed by atoms with Gasteiger partial charge in [-0.3, -0.25) is 0 Å². The highest BCUT2D eigenvalue weighted by Gasteiger charge is 2.27. The number of likely N-dealkylation sites (tertiary alicyclic amines) is 1. The number of amides is 1. The van der Waals surface area contributed by atoms with E-state index in [1.54, 1.807) is 12.1 Å². The molecule has 33 heavy (non-hydrogen) atoms. The van der Waals surface area contributed by atoms with Gasteiger partial charge < -0.3 is 20.2 Å². The van der Waals surface area contributed by atoms with Crippen LogP contribution in [0.1, 0.15) is 17.5 Å². The first kappa shape index (κ1) is 22.0. The predicted octanol–water partition coefficient (Wildman–Crippen LogP) is 3.66. The number of ether oxygens (including phenoxy) is 1. The van der Waals surface area contributed by atoms with E-state index in [4.69, 9.17) is 25.8 Å². The van der Waals surface area contributed by atoms with Crippen LogP contribution in [0.5, 0.6) is 5.88 Å². The van der Waals surface area contributed by atoms with Crippen LogP contribution in [0.4, 0.5) is 10.6 Å². The minimum Gasteiger partial charge on any atom is -0.475 e. The summed E-state index contributed by atoms with van der Waals surface area (Å²) in [5.74, 6) is 6.32. The Morgan fingerprint density at radius 2 is 1.82 bits per heavy atom. The molecule has 4 N–H and O–H groups in total. The van der Waals surface area contributed by atoms with Gasteiger partial charge in [0.25, 0.3) is 5.88 Å². The lowest BCUT2D eigenvalue weighted by Crippen LogP contribution is -2.27. The Balaban J connectivity index is 1.70. The minimum atomic E-state index is -0.924. The second-order valence-electron chi connectivity index (χ2n) is 7.97. The molecule has 9 nitrogen and oxygen atoms in total. The highest BCUT2D eigenvalue weighted by molar-refractivity contribution is 5.80. The first-order chi connectivity index (χ1) is 16.0. The van der Waals surface area contributed by atoms with Gasteiger partial charge in [0.2, 0.25) is 5.82 Å². The van der Waals surface area contributed by atoms with Crippen molar-refractivity contribution in [3.05, 3.63) is 59.7 Å². The normalized spacial score (nSPS) is 15.2. The maximum Gasteiger partial charge on any atom is 0.407 e. The summed E-state index contributed by atoms with van der Waals surface area (Å²) in [6.45, 7) is 3.21. The van der Waals surface area contributed by atoms with Crippen LogP contribution in [0.2, 0.25) is 0 Å². The Bertz CT molecular complexity index is 1190. The fourth-order valence-corrected chi connectivity index (χ4v) is 3.77. The number of carboxylic acid groups (broad SMARTS) is 1. The van der Waals surface area contributed by atoms with Gasteiger partial charge in [0.05, 0.1) is 23.9 Å². The highest BCUT2D eigenvalue weighted by atomic mass is 16.5. The van der Waals surface area contributed by atoms with Gasteiger partial charge in [0, 0.05) is 30.1 Å². The average molecular weight is 444 g/mol. The molecule has 9 heteroatoms. The molecule has 0 aliphatic carbocycles. The van der Waals surface area contributed by atoms with Crippen molar-refractivity contribution < 1.29 is 14.6 Å². The van der Waals surface area contributed by atoms with Crippen LogP contribution >= 0.6 is 0 Å². The van der Waals surface area contributed by atoms with Gasteiger partial charge in [-0.1, -0.05) is 42.0 Å². The lowest BCUT2D eigenvalue weighted by molar-refractivity contribution is 0.151. The summed E-state index contributed by atoms with van der Waals surface area (Å²) in [6.07, 6.45) is -0.207. The molecule has 4 rings (SSSR count). The Kier molecular flexibility index (Phi) is 6.38. The van der Waals surface area contributed by atoms with Crippen molar-refractivity contribution in [3.8, 4) is 34.5 Å². The van der Waals surface area contributed by atoms with E-state index in [0.29, 0.717) is 36.6 Å². The van der Waals surface area contributed by atoms with Crippen LogP contribution in [0, 0.1) is 24.2 Å². The Morgan fingerprint density at radius 3 is 2.39 bits per heavy atom. The molecule has 1 aromatic heterocycles. The van der Waals surface area contributed by atoms with E-state index in [-0.39, 0.29) is 17.6 Å². The van der Waals surface area contributed by atoms with E-state index in [2.05, 4.69) is 11.5 Å². The molecule has 0 bridgehead atoms. The molecule has 1 amide bonds. The quantitative estimate of drug-likeness (QED) is 0.387. The summed E-state index contributed by atoms with van der Waals surface area (Å²) in [6, 6.07) is 17.1. The third-order valence-corrected chi connectivity index (χ3v) is 5.63. The Hall–Kier alpha value is -4.16. The van der Waals surface area contributed by atoms with E-state index in [1.807, 2.05) is 43.3 Å². The molecule has 1 saturated heterocycles. The van der Waals surface area contributed by atoms with Crippen LogP contribution in [-0.2, 0) is 0 Å². The van der Waals surface area contributed by atoms with Gasteiger partial charge in [0.15, 0.2) is 0 Å². The number of hydrogen-bond donors (Lipinski definition) is 3. The van der Waals surface area contributed by atoms with Crippen molar-refractivity contribution in [2.24, 2.45) is 11.8 Å². The molecule has 2 heterocycles. The monoisotopic (exact) mass is 444 g/mol. The third kappa shape index (κ3) is 4.86. The fraction of sp³-hybridized carbons (Fsp3) is 0.250. The maximum absolute atomic E-state index is 11.2. The first-order valence-corrected chi connectivity index (χ1v) is 10.6. The third-order valence-electron chi connectivity index (χ3n) is 5.63.